The standard InChI is InChI=1S/2C7H6O2.C3H8.6FH/c2*8-7(9)6-4-2-1-3-5-6;1-3-2;;;;;;/h2*1-5H,(H,8,9);3H2,1-2H3;6*1H. The summed E-state index contributed by atoms with van der Waals surface area (Å²) >= 11 is 0. The highest BCUT2D eigenvalue weighted by Crippen LogP contribution is 1.96. The molecule has 0 fully saturated rings. The Balaban J connectivity index is -0.0000000433. The van der Waals surface area contributed by atoms with Crippen LogP contribution in [-0.2, 0) is 0 Å². The van der Waals surface area contributed by atoms with Crippen molar-refractivity contribution in [1.82, 2.24) is 0 Å². The molecule has 27 heavy (non-hydrogen) atoms. The van der Waals surface area contributed by atoms with Crippen molar-refractivity contribution >= 4 is 11.9 Å². The molecule has 2 aromatic rings. The minimum absolute atomic E-state index is 0. The number of carboxylic acids is 2. The van der Waals surface area contributed by atoms with Crippen LogP contribution in [0, 0.1) is 0 Å². The highest BCUT2D eigenvalue weighted by Gasteiger charge is 1.97. The average molecular weight is 408 g/mol. The van der Waals surface area contributed by atoms with Gasteiger partial charge >= 0.3 is 11.9 Å². The van der Waals surface area contributed by atoms with E-state index in [1.807, 2.05) is 0 Å². The van der Waals surface area contributed by atoms with E-state index >= 15 is 0 Å². The lowest BCUT2D eigenvalue weighted by atomic mass is 10.2. The van der Waals surface area contributed by atoms with E-state index in [1.54, 1.807) is 60.7 Å². The number of hydrogen-bond donors (Lipinski definition) is 2. The molecule has 0 atom stereocenters. The Kier molecular flexibility index (Phi) is 45.2. The topological polar surface area (TPSA) is 74.6 Å². The molecule has 0 heterocycles. The number of benzene rings is 2. The van der Waals surface area contributed by atoms with Crippen molar-refractivity contribution in [3.63, 3.8) is 0 Å². The molecule has 0 amide bonds. The van der Waals surface area contributed by atoms with E-state index in [0.29, 0.717) is 11.1 Å². The molecular formula is C17H26F6O4. The second-order valence-corrected chi connectivity index (χ2v) is 4.05. The maximum atomic E-state index is 10.2. The summed E-state index contributed by atoms with van der Waals surface area (Å²) in [6.45, 7) is 4.25. The van der Waals surface area contributed by atoms with Gasteiger partial charge in [0, 0.05) is 0 Å². The zero-order chi connectivity index (χ0) is 16.1. The minimum Gasteiger partial charge on any atom is -0.478 e. The van der Waals surface area contributed by atoms with Gasteiger partial charge in [-0.05, 0) is 24.3 Å². The smallest absolute Gasteiger partial charge is 0.335 e. The summed E-state index contributed by atoms with van der Waals surface area (Å²) in [7, 11) is 0. The fourth-order valence-corrected chi connectivity index (χ4v) is 1.16. The van der Waals surface area contributed by atoms with Crippen LogP contribution in [0.15, 0.2) is 60.7 Å². The number of rotatable bonds is 2. The third-order valence-electron chi connectivity index (χ3n) is 2.04. The molecule has 0 radical (unpaired) electrons. The van der Waals surface area contributed by atoms with Gasteiger partial charge in [0.2, 0.25) is 0 Å². The molecule has 2 N–H and O–H groups in total. The molecular weight excluding hydrogens is 382 g/mol. The lowest BCUT2D eigenvalue weighted by Gasteiger charge is -1.88. The number of carbonyl (C=O) groups is 2. The number of aromatic carboxylic acids is 2. The fourth-order valence-electron chi connectivity index (χ4n) is 1.16. The first-order chi connectivity index (χ1) is 10.0. The van der Waals surface area contributed by atoms with Crippen LogP contribution in [0.25, 0.3) is 0 Å². The van der Waals surface area contributed by atoms with Gasteiger partial charge in [0.25, 0.3) is 0 Å². The molecule has 2 aromatic carbocycles. The largest absolute Gasteiger partial charge is 0.478 e. The molecule has 0 unspecified atom stereocenters. The van der Waals surface area contributed by atoms with Crippen LogP contribution < -0.4 is 0 Å². The van der Waals surface area contributed by atoms with E-state index in [2.05, 4.69) is 13.8 Å². The molecule has 4 nitrogen and oxygen atoms in total. The average Bonchev–Trinajstić information content (AvgIpc) is 2.50. The van der Waals surface area contributed by atoms with Crippen LogP contribution in [0.5, 0.6) is 0 Å². The first kappa shape index (κ1) is 43.9. The van der Waals surface area contributed by atoms with Gasteiger partial charge < -0.3 is 10.2 Å². The summed E-state index contributed by atoms with van der Waals surface area (Å²) in [5, 5.41) is 16.8. The molecule has 0 saturated heterocycles. The van der Waals surface area contributed by atoms with E-state index in [-0.39, 0.29) is 28.2 Å². The van der Waals surface area contributed by atoms with Crippen molar-refractivity contribution in [2.75, 3.05) is 0 Å². The second kappa shape index (κ2) is 27.8. The van der Waals surface area contributed by atoms with E-state index in [4.69, 9.17) is 10.2 Å². The molecule has 0 aliphatic carbocycles. The minimum atomic E-state index is -0.879. The quantitative estimate of drug-likeness (QED) is 0.678. The van der Waals surface area contributed by atoms with Crippen molar-refractivity contribution in [1.29, 1.82) is 0 Å². The summed E-state index contributed by atoms with van der Waals surface area (Å²) < 4.78 is 0. The van der Waals surface area contributed by atoms with E-state index in [1.165, 1.54) is 6.42 Å². The van der Waals surface area contributed by atoms with Crippen LogP contribution in [0.4, 0.5) is 28.2 Å². The normalized spacial score (nSPS) is 6.59. The maximum absolute atomic E-state index is 10.2. The van der Waals surface area contributed by atoms with Crippen LogP contribution in [0.3, 0.4) is 0 Å². The Hall–Kier alpha value is -3.04. The number of hydrogen-bond acceptors (Lipinski definition) is 2. The van der Waals surface area contributed by atoms with Crippen molar-refractivity contribution < 1.29 is 48.0 Å². The predicted octanol–water partition coefficient (Wildman–Crippen LogP) is 5.10. The zero-order valence-corrected chi connectivity index (χ0v) is 14.6. The summed E-state index contributed by atoms with van der Waals surface area (Å²) in [6, 6.07) is 16.6. The van der Waals surface area contributed by atoms with Gasteiger partial charge in [0.15, 0.2) is 0 Å². The van der Waals surface area contributed by atoms with Gasteiger partial charge in [-0.15, -0.1) is 0 Å². The van der Waals surface area contributed by atoms with E-state index in [9.17, 15) is 9.59 Å². The van der Waals surface area contributed by atoms with Crippen LogP contribution >= 0.6 is 0 Å². The van der Waals surface area contributed by atoms with Gasteiger partial charge in [-0.1, -0.05) is 56.7 Å². The molecule has 2 rings (SSSR count). The molecule has 0 aliphatic heterocycles. The Bertz CT molecular complexity index is 492. The summed E-state index contributed by atoms with van der Waals surface area (Å²) in [5.74, 6) is -1.76. The predicted molar refractivity (Wildman–Crippen MR) is 97.8 cm³/mol. The molecule has 160 valence electrons. The fraction of sp³-hybridized carbons (Fsp3) is 0.176. The van der Waals surface area contributed by atoms with Gasteiger partial charge in [-0.2, -0.15) is 0 Å². The third-order valence-corrected chi connectivity index (χ3v) is 2.04. The summed E-state index contributed by atoms with van der Waals surface area (Å²) in [6.07, 6.45) is 1.25. The highest BCUT2D eigenvalue weighted by atomic mass is 19.0. The Morgan fingerprint density at radius 2 is 0.778 bits per heavy atom. The lowest BCUT2D eigenvalue weighted by Crippen LogP contribution is -1.93. The first-order valence-corrected chi connectivity index (χ1v) is 6.59. The molecule has 10 heteroatoms. The molecule has 0 saturated carbocycles. The van der Waals surface area contributed by atoms with Gasteiger partial charge in [0.05, 0.1) is 11.1 Å². The number of carboxylic acid groups (broad SMARTS) is 2. The van der Waals surface area contributed by atoms with Crippen LogP contribution in [-0.4, -0.2) is 22.2 Å². The highest BCUT2D eigenvalue weighted by molar-refractivity contribution is 5.87. The second-order valence-electron chi connectivity index (χ2n) is 4.05. The van der Waals surface area contributed by atoms with Crippen LogP contribution in [0.2, 0.25) is 0 Å². The Labute approximate surface area is 153 Å². The van der Waals surface area contributed by atoms with Gasteiger partial charge in [-0.25, -0.2) is 9.59 Å². The molecule has 0 aliphatic rings. The first-order valence-electron chi connectivity index (χ1n) is 6.59. The summed E-state index contributed by atoms with van der Waals surface area (Å²) in [4.78, 5) is 20.4. The van der Waals surface area contributed by atoms with Crippen molar-refractivity contribution in [2.45, 2.75) is 20.3 Å². The van der Waals surface area contributed by atoms with E-state index < -0.39 is 11.9 Å². The summed E-state index contributed by atoms with van der Waals surface area (Å²) in [5.41, 5.74) is 0.662. The maximum Gasteiger partial charge on any atom is 0.335 e. The van der Waals surface area contributed by atoms with Crippen molar-refractivity contribution in [2.24, 2.45) is 0 Å². The monoisotopic (exact) mass is 408 g/mol. The van der Waals surface area contributed by atoms with Crippen LogP contribution in [0.1, 0.15) is 41.0 Å². The SMILES string of the molecule is CCC.F.F.F.F.F.F.O=C(O)c1ccccc1.O=C(O)c1ccccc1. The van der Waals surface area contributed by atoms with Crippen molar-refractivity contribution in [3.05, 3.63) is 71.8 Å². The third kappa shape index (κ3) is 23.0. The molecule has 0 bridgehead atoms. The van der Waals surface area contributed by atoms with E-state index in [0.717, 1.165) is 0 Å². The zero-order valence-electron chi connectivity index (χ0n) is 14.6. The van der Waals surface area contributed by atoms with Gasteiger partial charge in [-0.3, -0.25) is 28.2 Å². The van der Waals surface area contributed by atoms with Crippen molar-refractivity contribution in [3.8, 4) is 0 Å². The number of halogens is 6. The Morgan fingerprint density at radius 3 is 0.889 bits per heavy atom. The lowest BCUT2D eigenvalue weighted by molar-refractivity contribution is 0.0686. The molecule has 0 spiro atoms. The van der Waals surface area contributed by atoms with Gasteiger partial charge in [0.1, 0.15) is 0 Å². The Morgan fingerprint density at radius 1 is 0.593 bits per heavy atom. The molecule has 0 aromatic heterocycles.